The van der Waals surface area contributed by atoms with Gasteiger partial charge >= 0.3 is 5.97 Å². The van der Waals surface area contributed by atoms with Gasteiger partial charge in [-0.1, -0.05) is 0 Å². The molecule has 1 N–H and O–H groups in total. The zero-order valence-electron chi connectivity index (χ0n) is 7.67. The Bertz CT molecular complexity index is 415. The molecule has 1 aliphatic rings. The fourth-order valence-corrected chi connectivity index (χ4v) is 1.57. The molecule has 0 heterocycles. The van der Waals surface area contributed by atoms with Gasteiger partial charge in [0.15, 0.2) is 0 Å². The molecule has 5 heteroatoms. The van der Waals surface area contributed by atoms with Gasteiger partial charge in [0.1, 0.15) is 11.6 Å². The van der Waals surface area contributed by atoms with E-state index < -0.39 is 17.4 Å². The highest BCUT2D eigenvalue weighted by molar-refractivity contribution is 9.10. The first-order valence-corrected chi connectivity index (χ1v) is 5.20. The van der Waals surface area contributed by atoms with E-state index in [-0.39, 0.29) is 5.75 Å². The summed E-state index contributed by atoms with van der Waals surface area (Å²) in [5.41, 5.74) is -1.14. The molecule has 0 amide bonds. The summed E-state index contributed by atoms with van der Waals surface area (Å²) in [7, 11) is 0. The third-order valence-corrected chi connectivity index (χ3v) is 2.95. The van der Waals surface area contributed by atoms with Gasteiger partial charge < -0.3 is 9.84 Å². The Morgan fingerprint density at radius 2 is 2.20 bits per heavy atom. The number of benzene rings is 1. The Morgan fingerprint density at radius 1 is 1.53 bits per heavy atom. The predicted molar refractivity (Wildman–Crippen MR) is 54.3 cm³/mol. The quantitative estimate of drug-likeness (QED) is 0.922. The van der Waals surface area contributed by atoms with Crippen LogP contribution in [0.4, 0.5) is 4.39 Å². The van der Waals surface area contributed by atoms with E-state index in [1.54, 1.807) is 0 Å². The summed E-state index contributed by atoms with van der Waals surface area (Å²) in [5.74, 6) is -1.22. The molecule has 3 nitrogen and oxygen atoms in total. The van der Waals surface area contributed by atoms with Gasteiger partial charge in [-0.25, -0.2) is 9.18 Å². The maximum atomic E-state index is 12.9. The molecule has 1 aromatic rings. The van der Waals surface area contributed by atoms with Crippen molar-refractivity contribution in [1.29, 1.82) is 0 Å². The number of halogens is 2. The molecule has 1 aromatic carbocycles. The van der Waals surface area contributed by atoms with Crippen LogP contribution >= 0.6 is 15.9 Å². The predicted octanol–water partition coefficient (Wildman–Crippen LogP) is 2.58. The molecule has 0 aliphatic heterocycles. The minimum Gasteiger partial charge on any atom is -0.478 e. The zero-order valence-corrected chi connectivity index (χ0v) is 9.25. The third kappa shape index (κ3) is 1.97. The number of carbonyl (C=O) groups is 1. The van der Waals surface area contributed by atoms with Crippen LogP contribution in [0.2, 0.25) is 0 Å². The summed E-state index contributed by atoms with van der Waals surface area (Å²) in [6.07, 6.45) is 0.927. The first-order valence-electron chi connectivity index (χ1n) is 4.41. The Kier molecular flexibility index (Phi) is 2.42. The van der Waals surface area contributed by atoms with E-state index in [1.165, 1.54) is 18.2 Å². The van der Waals surface area contributed by atoms with Crippen molar-refractivity contribution in [3.8, 4) is 5.75 Å². The minimum absolute atomic E-state index is 0.231. The van der Waals surface area contributed by atoms with Crippen molar-refractivity contribution in [3.63, 3.8) is 0 Å². The van der Waals surface area contributed by atoms with Crippen molar-refractivity contribution in [2.75, 3.05) is 0 Å². The molecule has 0 aromatic heterocycles. The topological polar surface area (TPSA) is 46.5 Å². The fraction of sp³-hybridized carbons (Fsp3) is 0.300. The Morgan fingerprint density at radius 3 is 2.73 bits per heavy atom. The second-order valence-electron chi connectivity index (χ2n) is 3.48. The van der Waals surface area contributed by atoms with Gasteiger partial charge in [0, 0.05) is 18.9 Å². The van der Waals surface area contributed by atoms with Crippen molar-refractivity contribution < 1.29 is 19.0 Å². The monoisotopic (exact) mass is 274 g/mol. The van der Waals surface area contributed by atoms with Gasteiger partial charge in [-0.05, 0) is 28.1 Å². The number of hydrogen-bond donors (Lipinski definition) is 1. The molecular formula is C10H8BrFO3. The largest absolute Gasteiger partial charge is 0.478 e. The highest BCUT2D eigenvalue weighted by atomic mass is 79.9. The molecule has 15 heavy (non-hydrogen) atoms. The number of aliphatic carboxylic acids is 1. The maximum absolute atomic E-state index is 12.9. The molecule has 1 fully saturated rings. The first kappa shape index (κ1) is 10.4. The lowest BCUT2D eigenvalue weighted by atomic mass is 10.3. The second-order valence-corrected chi connectivity index (χ2v) is 4.33. The molecule has 0 spiro atoms. The summed E-state index contributed by atoms with van der Waals surface area (Å²) in [6.45, 7) is 0. The second kappa shape index (κ2) is 3.48. The van der Waals surface area contributed by atoms with Gasteiger partial charge in [-0.15, -0.1) is 0 Å². The van der Waals surface area contributed by atoms with Gasteiger partial charge in [-0.3, -0.25) is 0 Å². The number of carboxylic acid groups (broad SMARTS) is 1. The number of ether oxygens (including phenoxy) is 1. The van der Waals surface area contributed by atoms with Crippen molar-refractivity contribution in [1.82, 2.24) is 0 Å². The molecule has 0 saturated heterocycles. The van der Waals surface area contributed by atoms with E-state index in [0.717, 1.165) is 0 Å². The Balaban J connectivity index is 2.24. The molecule has 0 unspecified atom stereocenters. The summed E-state index contributed by atoms with van der Waals surface area (Å²) in [6, 6.07) is 3.94. The van der Waals surface area contributed by atoms with E-state index in [4.69, 9.17) is 9.84 Å². The number of hydrogen-bond acceptors (Lipinski definition) is 2. The first-order chi connectivity index (χ1) is 7.03. The molecule has 1 aliphatic carbocycles. The van der Waals surface area contributed by atoms with Crippen LogP contribution in [0.3, 0.4) is 0 Å². The average Bonchev–Trinajstić information content (AvgIpc) is 2.92. The number of rotatable bonds is 3. The van der Waals surface area contributed by atoms with Gasteiger partial charge in [-0.2, -0.15) is 0 Å². The highest BCUT2D eigenvalue weighted by Crippen LogP contribution is 2.42. The molecule has 2 rings (SSSR count). The van der Waals surface area contributed by atoms with Crippen LogP contribution in [0.1, 0.15) is 12.8 Å². The SMILES string of the molecule is O=C(O)C1(Oc2cc(F)ccc2Br)CC1. The van der Waals surface area contributed by atoms with E-state index in [0.29, 0.717) is 17.3 Å². The fourth-order valence-electron chi connectivity index (χ4n) is 1.24. The van der Waals surface area contributed by atoms with Crippen LogP contribution in [0.15, 0.2) is 22.7 Å². The molecule has 0 atom stereocenters. The van der Waals surface area contributed by atoms with Gasteiger partial charge in [0.25, 0.3) is 0 Å². The third-order valence-electron chi connectivity index (χ3n) is 2.29. The van der Waals surface area contributed by atoms with E-state index >= 15 is 0 Å². The van der Waals surface area contributed by atoms with Crippen LogP contribution < -0.4 is 4.74 Å². The molecule has 1 saturated carbocycles. The lowest BCUT2D eigenvalue weighted by molar-refractivity contribution is -0.147. The average molecular weight is 275 g/mol. The van der Waals surface area contributed by atoms with Crippen molar-refractivity contribution in [3.05, 3.63) is 28.5 Å². The van der Waals surface area contributed by atoms with E-state index in [1.807, 2.05) is 0 Å². The standard InChI is InChI=1S/C10H8BrFO3/c11-7-2-1-6(12)5-8(7)15-10(3-4-10)9(13)14/h1-2,5H,3-4H2,(H,13,14). The van der Waals surface area contributed by atoms with Crippen LogP contribution in [0.5, 0.6) is 5.75 Å². The molecule has 0 bridgehead atoms. The molecule has 0 radical (unpaired) electrons. The normalized spacial score (nSPS) is 17.2. The summed E-state index contributed by atoms with van der Waals surface area (Å²) in [4.78, 5) is 10.9. The van der Waals surface area contributed by atoms with Gasteiger partial charge in [0.2, 0.25) is 5.60 Å². The smallest absolute Gasteiger partial charge is 0.348 e. The summed E-state index contributed by atoms with van der Waals surface area (Å²) < 4.78 is 18.7. The highest BCUT2D eigenvalue weighted by Gasteiger charge is 2.53. The maximum Gasteiger partial charge on any atom is 0.348 e. The lowest BCUT2D eigenvalue weighted by Gasteiger charge is -2.14. The van der Waals surface area contributed by atoms with Crippen molar-refractivity contribution in [2.45, 2.75) is 18.4 Å². The Hall–Kier alpha value is -1.10. The van der Waals surface area contributed by atoms with Crippen molar-refractivity contribution in [2.24, 2.45) is 0 Å². The summed E-state index contributed by atoms with van der Waals surface area (Å²) >= 11 is 3.18. The van der Waals surface area contributed by atoms with Gasteiger partial charge in [0.05, 0.1) is 4.47 Å². The van der Waals surface area contributed by atoms with E-state index in [9.17, 15) is 9.18 Å². The number of carboxylic acids is 1. The Labute approximate surface area is 94.0 Å². The summed E-state index contributed by atoms with van der Waals surface area (Å²) in [5, 5.41) is 8.89. The molecule has 80 valence electrons. The lowest BCUT2D eigenvalue weighted by Crippen LogP contribution is -2.29. The van der Waals surface area contributed by atoms with E-state index in [2.05, 4.69) is 15.9 Å². The van der Waals surface area contributed by atoms with Crippen molar-refractivity contribution >= 4 is 21.9 Å². The zero-order chi connectivity index (χ0) is 11.1. The van der Waals surface area contributed by atoms with Crippen LogP contribution in [-0.4, -0.2) is 16.7 Å². The van der Waals surface area contributed by atoms with Crippen LogP contribution in [-0.2, 0) is 4.79 Å². The van der Waals surface area contributed by atoms with Crippen LogP contribution in [0, 0.1) is 5.82 Å². The van der Waals surface area contributed by atoms with Crippen LogP contribution in [0.25, 0.3) is 0 Å². The molecular weight excluding hydrogens is 267 g/mol. The minimum atomic E-state index is -1.14.